The molecule has 0 heterocycles. The number of carbonyl (C=O) groups is 1. The van der Waals surface area contributed by atoms with Gasteiger partial charge in [0.15, 0.2) is 0 Å². The van der Waals surface area contributed by atoms with E-state index in [2.05, 4.69) is 0 Å². The zero-order chi connectivity index (χ0) is 10.9. The van der Waals surface area contributed by atoms with E-state index in [0.29, 0.717) is 12.3 Å². The second kappa shape index (κ2) is 3.89. The lowest BCUT2D eigenvalue weighted by molar-refractivity contribution is -0.155. The summed E-state index contributed by atoms with van der Waals surface area (Å²) in [6.07, 6.45) is 2.91. The minimum atomic E-state index is -1.05. The highest BCUT2D eigenvalue weighted by molar-refractivity contribution is 5.71. The second-order valence-corrected chi connectivity index (χ2v) is 5.06. The van der Waals surface area contributed by atoms with Crippen LogP contribution in [0.5, 0.6) is 0 Å². The largest absolute Gasteiger partial charge is 0.481 e. The van der Waals surface area contributed by atoms with E-state index in [1.807, 2.05) is 13.8 Å². The van der Waals surface area contributed by atoms with Crippen LogP contribution < -0.4 is 0 Å². The molecule has 0 radical (unpaired) electrons. The first kappa shape index (κ1) is 11.5. The predicted octanol–water partition coefficient (Wildman–Crippen LogP) is 1.89. The summed E-state index contributed by atoms with van der Waals surface area (Å²) >= 11 is 0. The lowest BCUT2D eigenvalue weighted by atomic mass is 9.78. The highest BCUT2D eigenvalue weighted by atomic mass is 16.4. The van der Waals surface area contributed by atoms with Crippen LogP contribution in [0, 0.1) is 17.8 Å². The summed E-state index contributed by atoms with van der Waals surface area (Å²) in [5, 5.41) is 19.2. The first-order chi connectivity index (χ1) is 6.34. The van der Waals surface area contributed by atoms with Gasteiger partial charge in [0.2, 0.25) is 0 Å². The van der Waals surface area contributed by atoms with Gasteiger partial charge in [-0.3, -0.25) is 4.79 Å². The van der Waals surface area contributed by atoms with Gasteiger partial charge >= 0.3 is 5.97 Å². The van der Waals surface area contributed by atoms with Gasteiger partial charge in [-0.05, 0) is 25.2 Å². The van der Waals surface area contributed by atoms with E-state index in [9.17, 15) is 9.90 Å². The maximum Gasteiger partial charge on any atom is 0.309 e. The highest BCUT2D eigenvalue weighted by Gasteiger charge is 2.42. The zero-order valence-electron chi connectivity index (χ0n) is 9.16. The van der Waals surface area contributed by atoms with Crippen LogP contribution in [0.4, 0.5) is 0 Å². The van der Waals surface area contributed by atoms with E-state index >= 15 is 0 Å². The van der Waals surface area contributed by atoms with Crippen molar-refractivity contribution in [3.63, 3.8) is 0 Å². The van der Waals surface area contributed by atoms with E-state index in [1.165, 1.54) is 0 Å². The minimum absolute atomic E-state index is 0.0266. The van der Waals surface area contributed by atoms with Crippen LogP contribution in [-0.4, -0.2) is 21.8 Å². The summed E-state index contributed by atoms with van der Waals surface area (Å²) in [7, 11) is 0. The van der Waals surface area contributed by atoms with Crippen LogP contribution in [0.3, 0.4) is 0 Å². The first-order valence-corrected chi connectivity index (χ1v) is 5.30. The number of hydrogen-bond acceptors (Lipinski definition) is 2. The summed E-state index contributed by atoms with van der Waals surface area (Å²) in [4.78, 5) is 11.0. The maximum atomic E-state index is 11.0. The molecule has 0 aromatic rings. The molecule has 14 heavy (non-hydrogen) atoms. The van der Waals surface area contributed by atoms with Crippen molar-refractivity contribution in [2.24, 2.45) is 17.8 Å². The molecule has 0 bridgehead atoms. The number of carboxylic acids is 1. The average molecular weight is 200 g/mol. The molecule has 0 aromatic heterocycles. The third kappa shape index (κ3) is 2.71. The Morgan fingerprint density at radius 1 is 1.50 bits per heavy atom. The van der Waals surface area contributed by atoms with Crippen molar-refractivity contribution < 1.29 is 15.0 Å². The lowest BCUT2D eigenvalue weighted by Crippen LogP contribution is -2.43. The Balaban J connectivity index is 2.67. The predicted molar refractivity (Wildman–Crippen MR) is 53.9 cm³/mol. The van der Waals surface area contributed by atoms with Crippen LogP contribution in [-0.2, 0) is 4.79 Å². The molecule has 1 saturated carbocycles. The number of hydrogen-bond donors (Lipinski definition) is 2. The SMILES string of the molecule is CC(C)C(C(=O)O)C(C)(O)CC1CC1. The van der Waals surface area contributed by atoms with Gasteiger partial charge in [-0.25, -0.2) is 0 Å². The van der Waals surface area contributed by atoms with Crippen LogP contribution in [0.25, 0.3) is 0 Å². The van der Waals surface area contributed by atoms with Gasteiger partial charge in [-0.2, -0.15) is 0 Å². The summed E-state index contributed by atoms with van der Waals surface area (Å²) in [5.41, 5.74) is -1.05. The summed E-state index contributed by atoms with van der Waals surface area (Å²) < 4.78 is 0. The molecule has 2 unspecified atom stereocenters. The monoisotopic (exact) mass is 200 g/mol. The van der Waals surface area contributed by atoms with E-state index < -0.39 is 17.5 Å². The van der Waals surface area contributed by atoms with Crippen molar-refractivity contribution >= 4 is 5.97 Å². The smallest absolute Gasteiger partial charge is 0.309 e. The molecule has 82 valence electrons. The van der Waals surface area contributed by atoms with Crippen LogP contribution in [0.1, 0.15) is 40.0 Å². The lowest BCUT2D eigenvalue weighted by Gasteiger charge is -2.32. The van der Waals surface area contributed by atoms with E-state index in [0.717, 1.165) is 12.8 Å². The van der Waals surface area contributed by atoms with Gasteiger partial charge in [0.05, 0.1) is 11.5 Å². The van der Waals surface area contributed by atoms with Crippen molar-refractivity contribution in [2.45, 2.75) is 45.6 Å². The Morgan fingerprint density at radius 2 is 2.00 bits per heavy atom. The van der Waals surface area contributed by atoms with Gasteiger partial charge in [0, 0.05) is 0 Å². The fourth-order valence-electron chi connectivity index (χ4n) is 2.30. The van der Waals surface area contributed by atoms with E-state index in [4.69, 9.17) is 5.11 Å². The van der Waals surface area contributed by atoms with Crippen LogP contribution >= 0.6 is 0 Å². The molecular formula is C11H20O3. The van der Waals surface area contributed by atoms with Crippen molar-refractivity contribution in [3.8, 4) is 0 Å². The van der Waals surface area contributed by atoms with Gasteiger partial charge in [0.25, 0.3) is 0 Å². The van der Waals surface area contributed by atoms with Crippen molar-refractivity contribution in [1.29, 1.82) is 0 Å². The average Bonchev–Trinajstić information content (AvgIpc) is 2.66. The minimum Gasteiger partial charge on any atom is -0.481 e. The molecular weight excluding hydrogens is 180 g/mol. The summed E-state index contributed by atoms with van der Waals surface area (Å²) in [6.45, 7) is 5.35. The van der Waals surface area contributed by atoms with Crippen LogP contribution in [0.2, 0.25) is 0 Å². The van der Waals surface area contributed by atoms with Gasteiger partial charge < -0.3 is 10.2 Å². The molecule has 0 aliphatic heterocycles. The molecule has 1 rings (SSSR count). The standard InChI is InChI=1S/C11H20O3/c1-7(2)9(10(12)13)11(3,14)6-8-4-5-8/h7-9,14H,4-6H2,1-3H3,(H,12,13). The molecule has 3 heteroatoms. The Labute approximate surface area is 85.1 Å². The maximum absolute atomic E-state index is 11.0. The van der Waals surface area contributed by atoms with E-state index in [1.54, 1.807) is 6.92 Å². The Hall–Kier alpha value is -0.570. The fourth-order valence-corrected chi connectivity index (χ4v) is 2.30. The fraction of sp³-hybridized carbons (Fsp3) is 0.909. The third-order valence-electron chi connectivity index (χ3n) is 3.00. The van der Waals surface area contributed by atoms with Crippen molar-refractivity contribution in [2.75, 3.05) is 0 Å². The number of aliphatic carboxylic acids is 1. The number of carboxylic acid groups (broad SMARTS) is 1. The van der Waals surface area contributed by atoms with Gasteiger partial charge in [-0.15, -0.1) is 0 Å². The van der Waals surface area contributed by atoms with Gasteiger partial charge in [-0.1, -0.05) is 26.7 Å². The Kier molecular flexibility index (Phi) is 3.20. The molecule has 2 atom stereocenters. The quantitative estimate of drug-likeness (QED) is 0.712. The molecule has 0 amide bonds. The summed E-state index contributed by atoms with van der Waals surface area (Å²) in [6, 6.07) is 0. The zero-order valence-corrected chi connectivity index (χ0v) is 9.16. The van der Waals surface area contributed by atoms with E-state index in [-0.39, 0.29) is 5.92 Å². The second-order valence-electron chi connectivity index (χ2n) is 5.06. The Bertz CT molecular complexity index is 217. The summed E-state index contributed by atoms with van der Waals surface area (Å²) in [5.74, 6) is -1.01. The molecule has 1 fully saturated rings. The highest BCUT2D eigenvalue weighted by Crippen LogP contribution is 2.40. The normalized spacial score (nSPS) is 23.2. The van der Waals surface area contributed by atoms with Crippen molar-refractivity contribution in [1.82, 2.24) is 0 Å². The number of rotatable bonds is 5. The molecule has 3 nitrogen and oxygen atoms in total. The van der Waals surface area contributed by atoms with Crippen molar-refractivity contribution in [3.05, 3.63) is 0 Å². The molecule has 0 spiro atoms. The third-order valence-corrected chi connectivity index (χ3v) is 3.00. The molecule has 1 aliphatic carbocycles. The molecule has 1 aliphatic rings. The van der Waals surface area contributed by atoms with Gasteiger partial charge in [0.1, 0.15) is 0 Å². The molecule has 0 saturated heterocycles. The topological polar surface area (TPSA) is 57.5 Å². The molecule has 0 aromatic carbocycles. The molecule has 2 N–H and O–H groups in total. The Morgan fingerprint density at radius 3 is 2.29 bits per heavy atom. The number of aliphatic hydroxyl groups is 1. The first-order valence-electron chi connectivity index (χ1n) is 5.30. The van der Waals surface area contributed by atoms with Crippen LogP contribution in [0.15, 0.2) is 0 Å².